The number of aliphatic hydroxyl groups is 1. The van der Waals surface area contributed by atoms with Gasteiger partial charge in [0.05, 0.1) is 19.1 Å². The topological polar surface area (TPSA) is 58.6 Å². The van der Waals surface area contributed by atoms with Crippen molar-refractivity contribution < 1.29 is 14.6 Å². The molecule has 0 amide bonds. The Morgan fingerprint density at radius 3 is 2.94 bits per heavy atom. The number of aliphatic hydroxyl groups excluding tert-OH is 1. The van der Waals surface area contributed by atoms with E-state index >= 15 is 0 Å². The molecule has 3 atom stereocenters. The van der Waals surface area contributed by atoms with Crippen molar-refractivity contribution in [1.29, 1.82) is 0 Å². The second kappa shape index (κ2) is 7.67. The lowest BCUT2D eigenvalue weighted by Gasteiger charge is -2.27. The van der Waals surface area contributed by atoms with E-state index in [1.165, 1.54) is 6.42 Å². The molecule has 0 aliphatic heterocycles. The van der Waals surface area contributed by atoms with Crippen molar-refractivity contribution in [2.45, 2.75) is 58.1 Å². The van der Waals surface area contributed by atoms with Crippen molar-refractivity contribution in [2.75, 3.05) is 13.2 Å². The lowest BCUT2D eigenvalue weighted by atomic mass is 9.87. The van der Waals surface area contributed by atoms with Crippen LogP contribution in [0, 0.1) is 5.92 Å². The van der Waals surface area contributed by atoms with Gasteiger partial charge in [-0.15, -0.1) is 0 Å². The summed E-state index contributed by atoms with van der Waals surface area (Å²) >= 11 is 0. The zero-order valence-electron chi connectivity index (χ0n) is 10.9. The summed E-state index contributed by atoms with van der Waals surface area (Å²) in [5.74, 6) is 0.402. The van der Waals surface area contributed by atoms with Gasteiger partial charge in [0.2, 0.25) is 0 Å². The number of hydrogen-bond acceptors (Lipinski definition) is 4. The number of esters is 1. The average molecular weight is 243 g/mol. The van der Waals surface area contributed by atoms with E-state index in [-0.39, 0.29) is 18.1 Å². The van der Waals surface area contributed by atoms with E-state index in [9.17, 15) is 9.90 Å². The van der Waals surface area contributed by atoms with Crippen LogP contribution in [0.2, 0.25) is 0 Å². The van der Waals surface area contributed by atoms with Crippen LogP contribution in [0.3, 0.4) is 0 Å². The fourth-order valence-electron chi connectivity index (χ4n) is 2.36. The minimum absolute atomic E-state index is 0.129. The Kier molecular flexibility index (Phi) is 6.52. The van der Waals surface area contributed by atoms with E-state index in [4.69, 9.17) is 4.74 Å². The third-order valence-corrected chi connectivity index (χ3v) is 3.29. The normalized spacial score (nSPS) is 26.5. The standard InChI is InChI=1S/C13H25NO3/c1-3-17-13(16)7-10(2)14-9-11-5-4-6-12(15)8-11/h10-12,14-15H,3-9H2,1-2H3. The molecule has 0 aromatic carbocycles. The Balaban J connectivity index is 2.14. The van der Waals surface area contributed by atoms with E-state index < -0.39 is 0 Å². The number of ether oxygens (including phenoxy) is 1. The highest BCUT2D eigenvalue weighted by molar-refractivity contribution is 5.69. The summed E-state index contributed by atoms with van der Waals surface area (Å²) < 4.78 is 4.90. The monoisotopic (exact) mass is 243 g/mol. The van der Waals surface area contributed by atoms with Crippen molar-refractivity contribution in [3.05, 3.63) is 0 Å². The van der Waals surface area contributed by atoms with Crippen molar-refractivity contribution in [3.8, 4) is 0 Å². The zero-order valence-corrected chi connectivity index (χ0v) is 10.9. The molecule has 0 aromatic heterocycles. The third-order valence-electron chi connectivity index (χ3n) is 3.29. The van der Waals surface area contributed by atoms with Crippen molar-refractivity contribution in [1.82, 2.24) is 5.32 Å². The van der Waals surface area contributed by atoms with Crippen LogP contribution < -0.4 is 5.32 Å². The minimum atomic E-state index is -0.142. The summed E-state index contributed by atoms with van der Waals surface area (Å²) in [6.07, 6.45) is 4.41. The van der Waals surface area contributed by atoms with Crippen LogP contribution in [0.5, 0.6) is 0 Å². The third kappa shape index (κ3) is 6.03. The number of carbonyl (C=O) groups is 1. The van der Waals surface area contributed by atoms with E-state index in [2.05, 4.69) is 5.32 Å². The van der Waals surface area contributed by atoms with Gasteiger partial charge in [-0.3, -0.25) is 4.79 Å². The van der Waals surface area contributed by atoms with E-state index in [0.717, 1.165) is 25.8 Å². The van der Waals surface area contributed by atoms with Gasteiger partial charge in [-0.05, 0) is 45.6 Å². The molecule has 17 heavy (non-hydrogen) atoms. The fraction of sp³-hybridized carbons (Fsp3) is 0.923. The first-order chi connectivity index (χ1) is 8.11. The molecular formula is C13H25NO3. The molecule has 4 heteroatoms. The molecule has 0 spiro atoms. The van der Waals surface area contributed by atoms with Crippen LogP contribution >= 0.6 is 0 Å². The van der Waals surface area contributed by atoms with E-state index in [1.807, 2.05) is 13.8 Å². The van der Waals surface area contributed by atoms with E-state index in [0.29, 0.717) is 18.9 Å². The molecule has 1 aliphatic carbocycles. The molecule has 1 rings (SSSR count). The first-order valence-electron chi connectivity index (χ1n) is 6.68. The second-order valence-corrected chi connectivity index (χ2v) is 5.00. The van der Waals surface area contributed by atoms with Crippen LogP contribution in [0.25, 0.3) is 0 Å². The predicted octanol–water partition coefficient (Wildman–Crippen LogP) is 1.47. The SMILES string of the molecule is CCOC(=O)CC(C)NCC1CCCC(O)C1. The smallest absolute Gasteiger partial charge is 0.307 e. The second-order valence-electron chi connectivity index (χ2n) is 5.00. The van der Waals surface area contributed by atoms with Gasteiger partial charge in [-0.2, -0.15) is 0 Å². The molecule has 0 radical (unpaired) electrons. The summed E-state index contributed by atoms with van der Waals surface area (Å²) in [7, 11) is 0. The fourth-order valence-corrected chi connectivity index (χ4v) is 2.36. The number of rotatable bonds is 6. The summed E-state index contributed by atoms with van der Waals surface area (Å²) in [5, 5.41) is 12.9. The van der Waals surface area contributed by atoms with Crippen molar-refractivity contribution in [2.24, 2.45) is 5.92 Å². The average Bonchev–Trinajstić information content (AvgIpc) is 2.27. The lowest BCUT2D eigenvalue weighted by molar-refractivity contribution is -0.143. The predicted molar refractivity (Wildman–Crippen MR) is 66.7 cm³/mol. The first-order valence-corrected chi connectivity index (χ1v) is 6.68. The van der Waals surface area contributed by atoms with Gasteiger partial charge in [-0.1, -0.05) is 6.42 Å². The number of carbonyl (C=O) groups excluding carboxylic acids is 1. The largest absolute Gasteiger partial charge is 0.466 e. The molecule has 0 heterocycles. The molecular weight excluding hydrogens is 218 g/mol. The first kappa shape index (κ1) is 14.5. The quantitative estimate of drug-likeness (QED) is 0.694. The zero-order chi connectivity index (χ0) is 12.7. The van der Waals surface area contributed by atoms with Gasteiger partial charge in [0.15, 0.2) is 0 Å². The summed E-state index contributed by atoms with van der Waals surface area (Å²) in [6.45, 7) is 5.15. The van der Waals surface area contributed by atoms with Crippen LogP contribution in [0.1, 0.15) is 46.0 Å². The van der Waals surface area contributed by atoms with Gasteiger partial charge in [0.1, 0.15) is 0 Å². The van der Waals surface area contributed by atoms with Gasteiger partial charge < -0.3 is 15.2 Å². The summed E-state index contributed by atoms with van der Waals surface area (Å²) in [4.78, 5) is 11.3. The van der Waals surface area contributed by atoms with Crippen molar-refractivity contribution in [3.63, 3.8) is 0 Å². The Bertz CT molecular complexity index is 233. The Hall–Kier alpha value is -0.610. The molecule has 1 saturated carbocycles. The maximum absolute atomic E-state index is 11.3. The van der Waals surface area contributed by atoms with Crippen LogP contribution in [0.15, 0.2) is 0 Å². The maximum atomic E-state index is 11.3. The van der Waals surface area contributed by atoms with Crippen LogP contribution in [0.4, 0.5) is 0 Å². The van der Waals surface area contributed by atoms with Gasteiger partial charge in [0.25, 0.3) is 0 Å². The van der Waals surface area contributed by atoms with Gasteiger partial charge >= 0.3 is 5.97 Å². The highest BCUT2D eigenvalue weighted by Crippen LogP contribution is 2.23. The molecule has 0 aromatic rings. The Labute approximate surface area is 104 Å². The molecule has 2 N–H and O–H groups in total. The molecule has 4 nitrogen and oxygen atoms in total. The highest BCUT2D eigenvalue weighted by Gasteiger charge is 2.20. The molecule has 3 unspecified atom stereocenters. The summed E-state index contributed by atoms with van der Waals surface area (Å²) in [6, 6.07) is 0.146. The molecule has 1 aliphatic rings. The molecule has 100 valence electrons. The van der Waals surface area contributed by atoms with E-state index in [1.54, 1.807) is 0 Å². The number of hydrogen-bond donors (Lipinski definition) is 2. The van der Waals surface area contributed by atoms with Crippen LogP contribution in [-0.4, -0.2) is 36.4 Å². The van der Waals surface area contributed by atoms with Crippen molar-refractivity contribution >= 4 is 5.97 Å². The highest BCUT2D eigenvalue weighted by atomic mass is 16.5. The minimum Gasteiger partial charge on any atom is -0.466 e. The van der Waals surface area contributed by atoms with Gasteiger partial charge in [-0.25, -0.2) is 0 Å². The molecule has 0 bridgehead atoms. The molecule has 1 fully saturated rings. The van der Waals surface area contributed by atoms with Crippen LogP contribution in [-0.2, 0) is 9.53 Å². The Morgan fingerprint density at radius 2 is 2.29 bits per heavy atom. The maximum Gasteiger partial charge on any atom is 0.307 e. The van der Waals surface area contributed by atoms with Gasteiger partial charge in [0, 0.05) is 6.04 Å². The lowest BCUT2D eigenvalue weighted by Crippen LogP contribution is -2.35. The number of nitrogens with one attached hydrogen (secondary N) is 1. The Morgan fingerprint density at radius 1 is 1.53 bits per heavy atom. The summed E-state index contributed by atoms with van der Waals surface area (Å²) in [5.41, 5.74) is 0. The molecule has 0 saturated heterocycles.